The fraction of sp³-hybridized carbons (Fsp3) is 0.150. The summed E-state index contributed by atoms with van der Waals surface area (Å²) < 4.78 is 0. The van der Waals surface area contributed by atoms with E-state index < -0.39 is 0 Å². The summed E-state index contributed by atoms with van der Waals surface area (Å²) in [6, 6.07) is 14.9. The predicted molar refractivity (Wildman–Crippen MR) is 97.9 cm³/mol. The van der Waals surface area contributed by atoms with Gasteiger partial charge in [-0.1, -0.05) is 12.1 Å². The molecule has 0 spiro atoms. The molecule has 2 amide bonds. The number of benzene rings is 2. The Balaban J connectivity index is 1.62. The molecule has 2 aromatic carbocycles. The van der Waals surface area contributed by atoms with Crippen molar-refractivity contribution in [3.8, 4) is 0 Å². The smallest absolute Gasteiger partial charge is 0.256 e. The van der Waals surface area contributed by atoms with E-state index in [1.165, 1.54) is 0 Å². The van der Waals surface area contributed by atoms with Crippen molar-refractivity contribution in [2.75, 3.05) is 16.8 Å². The van der Waals surface area contributed by atoms with Gasteiger partial charge in [-0.3, -0.25) is 14.6 Å². The number of carbonyl (C=O) groups excluding carboxylic acids is 2. The van der Waals surface area contributed by atoms with E-state index in [0.29, 0.717) is 12.1 Å². The molecule has 1 aliphatic heterocycles. The molecule has 1 aromatic heterocycles. The van der Waals surface area contributed by atoms with Crippen molar-refractivity contribution in [1.29, 1.82) is 0 Å². The van der Waals surface area contributed by atoms with Gasteiger partial charge in [0.25, 0.3) is 5.91 Å². The van der Waals surface area contributed by atoms with Crippen molar-refractivity contribution < 1.29 is 9.59 Å². The summed E-state index contributed by atoms with van der Waals surface area (Å²) in [7, 11) is 0. The van der Waals surface area contributed by atoms with Crippen LogP contribution in [0.4, 0.5) is 11.4 Å². The summed E-state index contributed by atoms with van der Waals surface area (Å²) >= 11 is 0. The number of hydrogen-bond donors (Lipinski definition) is 1. The molecule has 1 N–H and O–H groups in total. The lowest BCUT2D eigenvalue weighted by atomic mass is 10.1. The number of nitrogens with one attached hydrogen (secondary N) is 1. The molecular weight excluding hydrogens is 314 g/mol. The van der Waals surface area contributed by atoms with Crippen LogP contribution >= 0.6 is 0 Å². The third-order valence-electron chi connectivity index (χ3n) is 4.50. The third kappa shape index (κ3) is 2.74. The van der Waals surface area contributed by atoms with Crippen LogP contribution < -0.4 is 10.2 Å². The first kappa shape index (κ1) is 15.3. The molecule has 0 fully saturated rings. The zero-order valence-corrected chi connectivity index (χ0v) is 13.8. The molecule has 0 atom stereocenters. The van der Waals surface area contributed by atoms with E-state index in [2.05, 4.69) is 10.3 Å². The van der Waals surface area contributed by atoms with E-state index in [0.717, 1.165) is 34.3 Å². The van der Waals surface area contributed by atoms with Gasteiger partial charge in [0.1, 0.15) is 0 Å². The van der Waals surface area contributed by atoms with Crippen LogP contribution in [0.3, 0.4) is 0 Å². The Kier molecular flexibility index (Phi) is 3.69. The highest BCUT2D eigenvalue weighted by Gasteiger charge is 2.22. The second kappa shape index (κ2) is 6.02. The number of anilines is 2. The van der Waals surface area contributed by atoms with Crippen LogP contribution in [-0.4, -0.2) is 23.3 Å². The molecule has 2 heterocycles. The van der Waals surface area contributed by atoms with Crippen LogP contribution in [0.1, 0.15) is 22.8 Å². The van der Waals surface area contributed by atoms with Gasteiger partial charge in [-0.05, 0) is 48.4 Å². The molecule has 3 aromatic rings. The SMILES string of the molecule is CC(=O)N1CCc2cc(NC(=O)c3cccc4ncccc34)ccc21. The molecule has 0 aliphatic carbocycles. The highest BCUT2D eigenvalue weighted by molar-refractivity contribution is 6.12. The van der Waals surface area contributed by atoms with Crippen molar-refractivity contribution in [1.82, 2.24) is 4.98 Å². The molecule has 1 aliphatic rings. The average molecular weight is 331 g/mol. The van der Waals surface area contributed by atoms with E-state index in [9.17, 15) is 9.59 Å². The minimum Gasteiger partial charge on any atom is -0.322 e. The second-order valence-electron chi connectivity index (χ2n) is 6.09. The number of hydrogen-bond acceptors (Lipinski definition) is 3. The molecule has 5 nitrogen and oxygen atoms in total. The highest BCUT2D eigenvalue weighted by atomic mass is 16.2. The van der Waals surface area contributed by atoms with Crippen molar-refractivity contribution >= 4 is 34.1 Å². The third-order valence-corrected chi connectivity index (χ3v) is 4.50. The standard InChI is InChI=1S/C20H17N3O2/c1-13(24)23-11-9-14-12-15(7-8-19(14)23)22-20(25)17-4-2-6-18-16(17)5-3-10-21-18/h2-8,10,12H,9,11H2,1H3,(H,22,25). The van der Waals surface area contributed by atoms with Gasteiger partial charge < -0.3 is 10.2 Å². The van der Waals surface area contributed by atoms with E-state index in [4.69, 9.17) is 0 Å². The number of amides is 2. The molecule has 0 unspecified atom stereocenters. The van der Waals surface area contributed by atoms with Crippen LogP contribution in [0.5, 0.6) is 0 Å². The molecule has 0 saturated heterocycles. The first-order valence-corrected chi connectivity index (χ1v) is 8.19. The van der Waals surface area contributed by atoms with Crippen LogP contribution in [0.25, 0.3) is 10.9 Å². The number of carbonyl (C=O) groups is 2. The molecule has 0 saturated carbocycles. The van der Waals surface area contributed by atoms with Crippen molar-refractivity contribution in [3.63, 3.8) is 0 Å². The number of nitrogens with zero attached hydrogens (tertiary/aromatic N) is 2. The van der Waals surface area contributed by atoms with Crippen LogP contribution in [-0.2, 0) is 11.2 Å². The summed E-state index contributed by atoms with van der Waals surface area (Å²) in [6.45, 7) is 2.26. The zero-order valence-electron chi connectivity index (χ0n) is 13.8. The van der Waals surface area contributed by atoms with E-state index in [1.807, 2.05) is 42.5 Å². The van der Waals surface area contributed by atoms with Gasteiger partial charge in [0.2, 0.25) is 5.91 Å². The van der Waals surface area contributed by atoms with Gasteiger partial charge in [0.05, 0.1) is 5.52 Å². The lowest BCUT2D eigenvalue weighted by Crippen LogP contribution is -2.25. The van der Waals surface area contributed by atoms with Gasteiger partial charge in [-0.15, -0.1) is 0 Å². The summed E-state index contributed by atoms with van der Waals surface area (Å²) in [5.74, 6) is -0.126. The predicted octanol–water partition coefficient (Wildman–Crippen LogP) is 3.40. The molecule has 25 heavy (non-hydrogen) atoms. The number of rotatable bonds is 2. The summed E-state index contributed by atoms with van der Waals surface area (Å²) in [5.41, 5.74) is 4.13. The molecule has 4 rings (SSSR count). The van der Waals surface area contributed by atoms with E-state index >= 15 is 0 Å². The van der Waals surface area contributed by atoms with Gasteiger partial charge in [0.15, 0.2) is 0 Å². The van der Waals surface area contributed by atoms with Gasteiger partial charge in [-0.25, -0.2) is 0 Å². The maximum absolute atomic E-state index is 12.7. The fourth-order valence-electron chi connectivity index (χ4n) is 3.31. The van der Waals surface area contributed by atoms with E-state index in [-0.39, 0.29) is 11.8 Å². The monoisotopic (exact) mass is 331 g/mol. The van der Waals surface area contributed by atoms with Crippen LogP contribution in [0, 0.1) is 0 Å². The average Bonchev–Trinajstić information content (AvgIpc) is 3.04. The highest BCUT2D eigenvalue weighted by Crippen LogP contribution is 2.30. The topological polar surface area (TPSA) is 62.3 Å². The van der Waals surface area contributed by atoms with Crippen LogP contribution in [0.15, 0.2) is 54.7 Å². The van der Waals surface area contributed by atoms with E-state index in [1.54, 1.807) is 24.1 Å². The zero-order chi connectivity index (χ0) is 17.4. The summed E-state index contributed by atoms with van der Waals surface area (Å²) in [4.78, 5) is 30.4. The number of aromatic nitrogens is 1. The Labute approximate surface area is 145 Å². The molecule has 0 radical (unpaired) electrons. The number of fused-ring (bicyclic) bond motifs is 2. The molecule has 5 heteroatoms. The minimum atomic E-state index is -0.167. The first-order chi connectivity index (χ1) is 12.1. The van der Waals surface area contributed by atoms with Gasteiger partial charge >= 0.3 is 0 Å². The molecular formula is C20H17N3O2. The second-order valence-corrected chi connectivity index (χ2v) is 6.09. The molecule has 124 valence electrons. The van der Waals surface area contributed by atoms with Crippen molar-refractivity contribution in [2.45, 2.75) is 13.3 Å². The number of pyridine rings is 1. The summed E-state index contributed by atoms with van der Waals surface area (Å²) in [5, 5.41) is 3.78. The maximum Gasteiger partial charge on any atom is 0.256 e. The summed E-state index contributed by atoms with van der Waals surface area (Å²) in [6.07, 6.45) is 2.52. The Morgan fingerprint density at radius 2 is 2.00 bits per heavy atom. The minimum absolute atomic E-state index is 0.0405. The largest absolute Gasteiger partial charge is 0.322 e. The Morgan fingerprint density at radius 1 is 1.12 bits per heavy atom. The normalized spacial score (nSPS) is 12.9. The fourth-order valence-corrected chi connectivity index (χ4v) is 3.31. The Bertz CT molecular complexity index is 992. The first-order valence-electron chi connectivity index (χ1n) is 8.19. The maximum atomic E-state index is 12.7. The van der Waals surface area contributed by atoms with Crippen molar-refractivity contribution in [3.05, 3.63) is 65.9 Å². The lowest BCUT2D eigenvalue weighted by molar-refractivity contribution is -0.116. The van der Waals surface area contributed by atoms with Crippen molar-refractivity contribution in [2.24, 2.45) is 0 Å². The molecule has 0 bridgehead atoms. The lowest BCUT2D eigenvalue weighted by Gasteiger charge is -2.15. The van der Waals surface area contributed by atoms with Gasteiger partial charge in [-0.2, -0.15) is 0 Å². The van der Waals surface area contributed by atoms with Crippen LogP contribution in [0.2, 0.25) is 0 Å². The Morgan fingerprint density at radius 3 is 2.84 bits per heavy atom. The Hall–Kier alpha value is -3.21. The van der Waals surface area contributed by atoms with Gasteiger partial charge in [0, 0.05) is 42.0 Å². The quantitative estimate of drug-likeness (QED) is 0.783.